The third kappa shape index (κ3) is 3.17. The number of aryl methyl sites for hydroxylation is 1. The van der Waals surface area contributed by atoms with Crippen LogP contribution in [0, 0.1) is 6.92 Å². The number of halogens is 1. The first-order valence-corrected chi connectivity index (χ1v) is 6.18. The minimum atomic E-state index is 0.146. The van der Waals surface area contributed by atoms with Crippen LogP contribution in [0.4, 0.5) is 0 Å². The van der Waals surface area contributed by atoms with Crippen molar-refractivity contribution >= 4 is 11.6 Å². The van der Waals surface area contributed by atoms with E-state index < -0.39 is 0 Å². The molecule has 0 atom stereocenters. The fourth-order valence-electron chi connectivity index (χ4n) is 1.50. The van der Waals surface area contributed by atoms with Crippen LogP contribution in [0.1, 0.15) is 18.9 Å². The average molecular weight is 264 g/mol. The third-order valence-electron chi connectivity index (χ3n) is 2.30. The summed E-state index contributed by atoms with van der Waals surface area (Å²) in [7, 11) is 0. The van der Waals surface area contributed by atoms with Gasteiger partial charge in [-0.1, -0.05) is 30.7 Å². The lowest BCUT2D eigenvalue weighted by molar-refractivity contribution is 0.291. The van der Waals surface area contributed by atoms with Crippen molar-refractivity contribution in [1.82, 2.24) is 15.0 Å². The maximum atomic E-state index is 5.88. The van der Waals surface area contributed by atoms with Crippen LogP contribution in [0.25, 0.3) is 11.4 Å². The van der Waals surface area contributed by atoms with Gasteiger partial charge in [0, 0.05) is 5.56 Å². The van der Waals surface area contributed by atoms with E-state index in [9.17, 15) is 0 Å². The number of ether oxygens (including phenoxy) is 1. The van der Waals surface area contributed by atoms with E-state index >= 15 is 0 Å². The summed E-state index contributed by atoms with van der Waals surface area (Å²) in [5.74, 6) is 0.532. The zero-order chi connectivity index (χ0) is 13.0. The zero-order valence-electron chi connectivity index (χ0n) is 10.4. The molecule has 2 rings (SSSR count). The van der Waals surface area contributed by atoms with Crippen molar-refractivity contribution in [3.8, 4) is 17.4 Å². The van der Waals surface area contributed by atoms with Crippen LogP contribution in [0.3, 0.4) is 0 Å². The Balaban J connectivity index is 2.35. The van der Waals surface area contributed by atoms with Gasteiger partial charge in [-0.05, 0) is 31.0 Å². The highest BCUT2D eigenvalue weighted by Crippen LogP contribution is 2.19. The minimum absolute atomic E-state index is 0.146. The van der Waals surface area contributed by atoms with Crippen molar-refractivity contribution in [2.24, 2.45) is 0 Å². The van der Waals surface area contributed by atoms with E-state index in [1.165, 1.54) is 0 Å². The molecule has 1 aromatic carbocycles. The van der Waals surface area contributed by atoms with Crippen molar-refractivity contribution in [3.05, 3.63) is 35.1 Å². The Morgan fingerprint density at radius 2 is 2.06 bits per heavy atom. The average Bonchev–Trinajstić information content (AvgIpc) is 2.36. The molecule has 0 aliphatic heterocycles. The first-order chi connectivity index (χ1) is 8.69. The number of rotatable bonds is 4. The van der Waals surface area contributed by atoms with Gasteiger partial charge in [0.15, 0.2) is 5.82 Å². The normalized spacial score (nSPS) is 10.4. The van der Waals surface area contributed by atoms with E-state index in [-0.39, 0.29) is 11.3 Å². The predicted octanol–water partition coefficient (Wildman–Crippen LogP) is 3.29. The SMILES string of the molecule is CCCOc1nc(Cl)nc(-c2cccc(C)c2)n1. The molecule has 0 saturated carbocycles. The summed E-state index contributed by atoms with van der Waals surface area (Å²) >= 11 is 5.88. The summed E-state index contributed by atoms with van der Waals surface area (Å²) in [5, 5.41) is 0.146. The van der Waals surface area contributed by atoms with E-state index in [0.717, 1.165) is 17.5 Å². The van der Waals surface area contributed by atoms with Gasteiger partial charge in [0.25, 0.3) is 0 Å². The van der Waals surface area contributed by atoms with Crippen molar-refractivity contribution in [2.75, 3.05) is 6.61 Å². The molecule has 0 amide bonds. The van der Waals surface area contributed by atoms with Crippen molar-refractivity contribution < 1.29 is 4.74 Å². The largest absolute Gasteiger partial charge is 0.463 e. The first kappa shape index (κ1) is 12.8. The van der Waals surface area contributed by atoms with E-state index in [2.05, 4.69) is 15.0 Å². The summed E-state index contributed by atoms with van der Waals surface area (Å²) in [4.78, 5) is 12.3. The molecule has 0 aliphatic rings. The second-order valence-electron chi connectivity index (χ2n) is 3.93. The third-order valence-corrected chi connectivity index (χ3v) is 2.47. The summed E-state index contributed by atoms with van der Waals surface area (Å²) < 4.78 is 5.38. The standard InChI is InChI=1S/C13H14ClN3O/c1-3-7-18-13-16-11(15-12(14)17-13)10-6-4-5-9(2)8-10/h4-6,8H,3,7H2,1-2H3. The number of hydrogen-bond acceptors (Lipinski definition) is 4. The highest BCUT2D eigenvalue weighted by atomic mass is 35.5. The second-order valence-corrected chi connectivity index (χ2v) is 4.27. The van der Waals surface area contributed by atoms with Gasteiger partial charge in [0.05, 0.1) is 6.61 Å². The molecule has 0 radical (unpaired) electrons. The molecular weight excluding hydrogens is 250 g/mol. The molecule has 18 heavy (non-hydrogen) atoms. The number of nitrogens with zero attached hydrogens (tertiary/aromatic N) is 3. The molecular formula is C13H14ClN3O. The lowest BCUT2D eigenvalue weighted by Gasteiger charge is -2.05. The van der Waals surface area contributed by atoms with Crippen molar-refractivity contribution in [2.45, 2.75) is 20.3 Å². The predicted molar refractivity (Wildman–Crippen MR) is 70.8 cm³/mol. The van der Waals surface area contributed by atoms with Gasteiger partial charge in [-0.15, -0.1) is 0 Å². The summed E-state index contributed by atoms with van der Waals surface area (Å²) in [6, 6.07) is 8.17. The van der Waals surface area contributed by atoms with Crippen LogP contribution >= 0.6 is 11.6 Å². The topological polar surface area (TPSA) is 47.9 Å². The van der Waals surface area contributed by atoms with Gasteiger partial charge >= 0.3 is 6.01 Å². The molecule has 0 fully saturated rings. The molecule has 1 aromatic heterocycles. The minimum Gasteiger partial charge on any atom is -0.463 e. The molecule has 4 nitrogen and oxygen atoms in total. The Bertz CT molecular complexity index is 546. The lowest BCUT2D eigenvalue weighted by Crippen LogP contribution is -2.02. The van der Waals surface area contributed by atoms with E-state index in [1.54, 1.807) is 0 Å². The molecule has 0 aliphatic carbocycles. The van der Waals surface area contributed by atoms with Crippen molar-refractivity contribution in [3.63, 3.8) is 0 Å². The van der Waals surface area contributed by atoms with Crippen LogP contribution in [-0.4, -0.2) is 21.6 Å². The summed E-state index contributed by atoms with van der Waals surface area (Å²) in [6.07, 6.45) is 0.892. The Morgan fingerprint density at radius 1 is 1.22 bits per heavy atom. The van der Waals surface area contributed by atoms with Gasteiger partial charge in [0.1, 0.15) is 0 Å². The fraction of sp³-hybridized carbons (Fsp3) is 0.308. The summed E-state index contributed by atoms with van der Waals surface area (Å²) in [5.41, 5.74) is 2.04. The maximum absolute atomic E-state index is 5.88. The molecule has 94 valence electrons. The van der Waals surface area contributed by atoms with Gasteiger partial charge < -0.3 is 4.74 Å². The van der Waals surface area contributed by atoms with Crippen molar-refractivity contribution in [1.29, 1.82) is 0 Å². The molecule has 1 heterocycles. The fourth-order valence-corrected chi connectivity index (χ4v) is 1.66. The Labute approximate surface area is 111 Å². The quantitative estimate of drug-likeness (QED) is 0.849. The molecule has 0 saturated heterocycles. The monoisotopic (exact) mass is 263 g/mol. The lowest BCUT2D eigenvalue weighted by atomic mass is 10.1. The zero-order valence-corrected chi connectivity index (χ0v) is 11.1. The van der Waals surface area contributed by atoms with E-state index in [4.69, 9.17) is 16.3 Å². The maximum Gasteiger partial charge on any atom is 0.321 e. The van der Waals surface area contributed by atoms with Crippen LogP contribution < -0.4 is 4.74 Å². The second kappa shape index (κ2) is 5.78. The summed E-state index contributed by atoms with van der Waals surface area (Å²) in [6.45, 7) is 4.60. The van der Waals surface area contributed by atoms with Gasteiger partial charge in [-0.3, -0.25) is 0 Å². The Hall–Kier alpha value is -1.68. The van der Waals surface area contributed by atoms with E-state index in [1.807, 2.05) is 38.1 Å². The van der Waals surface area contributed by atoms with Gasteiger partial charge in [0.2, 0.25) is 5.28 Å². The van der Waals surface area contributed by atoms with E-state index in [0.29, 0.717) is 12.4 Å². The number of hydrogen-bond donors (Lipinski definition) is 0. The van der Waals surface area contributed by atoms with Gasteiger partial charge in [-0.2, -0.15) is 15.0 Å². The highest BCUT2D eigenvalue weighted by Gasteiger charge is 2.08. The van der Waals surface area contributed by atoms with Crippen LogP contribution in [-0.2, 0) is 0 Å². The van der Waals surface area contributed by atoms with Crippen LogP contribution in [0.15, 0.2) is 24.3 Å². The Morgan fingerprint density at radius 3 is 2.78 bits per heavy atom. The smallest absolute Gasteiger partial charge is 0.321 e. The highest BCUT2D eigenvalue weighted by molar-refractivity contribution is 6.28. The molecule has 0 N–H and O–H groups in total. The number of aromatic nitrogens is 3. The molecule has 0 spiro atoms. The van der Waals surface area contributed by atoms with Crippen LogP contribution in [0.5, 0.6) is 6.01 Å². The van der Waals surface area contributed by atoms with Crippen LogP contribution in [0.2, 0.25) is 5.28 Å². The molecule has 2 aromatic rings. The van der Waals surface area contributed by atoms with Gasteiger partial charge in [-0.25, -0.2) is 0 Å². The molecule has 5 heteroatoms. The number of benzene rings is 1. The molecule has 0 bridgehead atoms. The first-order valence-electron chi connectivity index (χ1n) is 5.80. The Kier molecular flexibility index (Phi) is 4.10. The molecule has 0 unspecified atom stereocenters.